The van der Waals surface area contributed by atoms with Gasteiger partial charge in [-0.3, -0.25) is 4.90 Å². The number of hydrogen-bond acceptors (Lipinski definition) is 9. The molecule has 4 saturated heterocycles. The highest BCUT2D eigenvalue weighted by Crippen LogP contribution is 2.38. The maximum absolute atomic E-state index is 14.5. The van der Waals surface area contributed by atoms with E-state index in [0.717, 1.165) is 55.4 Å². The average Bonchev–Trinajstić information content (AvgIpc) is 3.78. The van der Waals surface area contributed by atoms with Gasteiger partial charge in [-0.05, 0) is 68.5 Å². The van der Waals surface area contributed by atoms with E-state index in [0.29, 0.717) is 31.5 Å². The minimum absolute atomic E-state index is 0.00489. The molecule has 46 heavy (non-hydrogen) atoms. The lowest BCUT2D eigenvalue weighted by Gasteiger charge is -2.34. The smallest absolute Gasteiger partial charge is 0.417 e. The summed E-state index contributed by atoms with van der Waals surface area (Å²) >= 11 is 0.769. The number of nitriles is 1. The Morgan fingerprint density at radius 1 is 1.20 bits per heavy atom. The number of aromatic nitrogens is 2. The normalized spacial score (nSPS) is 25.2. The van der Waals surface area contributed by atoms with Gasteiger partial charge in [-0.2, -0.15) is 28.4 Å². The molecule has 0 aliphatic carbocycles. The van der Waals surface area contributed by atoms with Gasteiger partial charge in [0.25, 0.3) is 0 Å². The number of ether oxygens (including phenoxy) is 1. The molecule has 0 amide bonds. The van der Waals surface area contributed by atoms with Crippen LogP contribution in [0.5, 0.6) is 6.01 Å². The number of benzene rings is 1. The molecule has 7 rings (SSSR count). The van der Waals surface area contributed by atoms with Crippen molar-refractivity contribution in [3.05, 3.63) is 51.2 Å². The van der Waals surface area contributed by atoms with E-state index in [1.807, 2.05) is 11.0 Å². The molecule has 1 aromatic carbocycles. The molecular formula is C32H34F5N7OS. The van der Waals surface area contributed by atoms with Crippen LogP contribution in [0.15, 0.2) is 24.8 Å². The summed E-state index contributed by atoms with van der Waals surface area (Å²) in [6.07, 6.45) is 2.06. The zero-order chi connectivity index (χ0) is 32.7. The van der Waals surface area contributed by atoms with Crippen LogP contribution in [-0.2, 0) is 6.18 Å². The monoisotopic (exact) mass is 659 g/mol. The third-order valence-corrected chi connectivity index (χ3v) is 10.1. The van der Waals surface area contributed by atoms with Crippen LogP contribution < -0.4 is 30.4 Å². The third kappa shape index (κ3) is 6.28. The van der Waals surface area contributed by atoms with Crippen LogP contribution in [-0.4, -0.2) is 72.5 Å². The number of nitrogen functional groups attached to an aromatic ring is 1. The Morgan fingerprint density at radius 2 is 1.93 bits per heavy atom. The summed E-state index contributed by atoms with van der Waals surface area (Å²) in [7, 11) is 1.39. The first-order valence-electron chi connectivity index (χ1n) is 15.2. The van der Waals surface area contributed by atoms with Gasteiger partial charge in [-0.15, -0.1) is 11.3 Å². The van der Waals surface area contributed by atoms with E-state index in [9.17, 15) is 27.2 Å². The summed E-state index contributed by atoms with van der Waals surface area (Å²) < 4.78 is 75.4. The summed E-state index contributed by atoms with van der Waals surface area (Å²) in [5.74, 6) is -0.431. The lowest BCUT2D eigenvalue weighted by Crippen LogP contribution is -2.51. The highest BCUT2D eigenvalue weighted by Gasteiger charge is 2.37. The predicted molar refractivity (Wildman–Crippen MR) is 168 cm³/mol. The number of anilines is 2. The van der Waals surface area contributed by atoms with Crippen LogP contribution in [0.2, 0.25) is 0 Å². The van der Waals surface area contributed by atoms with Crippen LogP contribution in [0.25, 0.3) is 22.8 Å². The Morgan fingerprint density at radius 3 is 2.57 bits per heavy atom. The summed E-state index contributed by atoms with van der Waals surface area (Å²) in [4.78, 5) is 13.0. The van der Waals surface area contributed by atoms with Crippen molar-refractivity contribution >= 4 is 45.0 Å². The number of alkyl halides is 4. The van der Waals surface area contributed by atoms with Crippen molar-refractivity contribution in [2.75, 3.05) is 43.9 Å². The van der Waals surface area contributed by atoms with E-state index in [1.165, 1.54) is 26.0 Å². The van der Waals surface area contributed by atoms with Crippen molar-refractivity contribution in [3.63, 3.8) is 0 Å². The van der Waals surface area contributed by atoms with E-state index in [2.05, 4.69) is 26.8 Å². The van der Waals surface area contributed by atoms with Crippen molar-refractivity contribution in [2.24, 2.45) is 0 Å². The molecule has 244 valence electrons. The van der Waals surface area contributed by atoms with E-state index in [1.54, 1.807) is 0 Å². The molecule has 3 unspecified atom stereocenters. The quantitative estimate of drug-likeness (QED) is 0.398. The molecular weight excluding hydrogens is 625 g/mol. The third-order valence-electron chi connectivity index (χ3n) is 9.07. The van der Waals surface area contributed by atoms with Crippen molar-refractivity contribution in [1.82, 2.24) is 20.2 Å². The zero-order valence-electron chi connectivity index (χ0n) is 25.2. The van der Waals surface area contributed by atoms with Crippen LogP contribution in [0, 0.1) is 11.3 Å². The Balaban J connectivity index is 0.000000352. The SMILES string of the molecule is C=C/C(F)=c1/sc(N)c(C#N)/c1=C\c1cc2nc(OC)nc(N3CC4CCC(C3)N4)c2cc1C(F)(F)F.F[C@@H]1CC2CCCN2C1. The summed E-state index contributed by atoms with van der Waals surface area (Å²) in [5.41, 5.74) is 4.73. The molecule has 4 aliphatic heterocycles. The first kappa shape index (κ1) is 32.2. The molecule has 4 fully saturated rings. The molecule has 0 radical (unpaired) electrons. The van der Waals surface area contributed by atoms with Crippen LogP contribution >= 0.6 is 11.3 Å². The number of thiophene rings is 1. The number of halogens is 5. The molecule has 8 nitrogen and oxygen atoms in total. The fourth-order valence-corrected chi connectivity index (χ4v) is 7.92. The Labute approximate surface area is 266 Å². The van der Waals surface area contributed by atoms with Crippen molar-refractivity contribution in [1.29, 1.82) is 5.26 Å². The van der Waals surface area contributed by atoms with Gasteiger partial charge in [0, 0.05) is 48.4 Å². The van der Waals surface area contributed by atoms with Gasteiger partial charge in [-0.1, -0.05) is 6.58 Å². The number of piperazine rings is 1. The summed E-state index contributed by atoms with van der Waals surface area (Å²) in [6, 6.07) is 5.22. The predicted octanol–water partition coefficient (Wildman–Crippen LogP) is 4.40. The van der Waals surface area contributed by atoms with Crippen molar-refractivity contribution in [3.8, 4) is 12.1 Å². The zero-order valence-corrected chi connectivity index (χ0v) is 26.0. The van der Waals surface area contributed by atoms with Gasteiger partial charge in [0.15, 0.2) is 0 Å². The highest BCUT2D eigenvalue weighted by atomic mass is 32.1. The molecule has 14 heteroatoms. The van der Waals surface area contributed by atoms with E-state index >= 15 is 0 Å². The number of nitrogens with one attached hydrogen (secondary N) is 1. The van der Waals surface area contributed by atoms with E-state index < -0.39 is 23.7 Å². The maximum Gasteiger partial charge on any atom is 0.417 e. The van der Waals surface area contributed by atoms with Crippen LogP contribution in [0.1, 0.15) is 48.8 Å². The standard InChI is InChI=1S/C25H22F4N6OS.C7H12FN/c1-3-19(26)21-15(17(9-30)22(31)37-21)6-12-7-20-16(8-18(12)25(27,28)29)23(34-24(33-20)36-2)35-10-13-4-5-14(11-35)32-13;8-6-4-7-2-1-3-9(7)5-6/h3,6-8,13-14,32H,1,4-5,10-11,31H2,2H3;6-7H,1-5H2/b15-6+,21-19-;/t;6-,7?/m.1/s1. The number of nitrogens with zero attached hydrogens (tertiary/aromatic N) is 5. The lowest BCUT2D eigenvalue weighted by atomic mass is 10.0. The minimum Gasteiger partial charge on any atom is -0.467 e. The van der Waals surface area contributed by atoms with Crippen molar-refractivity contribution < 1.29 is 26.7 Å². The Hall–Kier alpha value is -3.80. The number of hydrogen-bond donors (Lipinski definition) is 2. The van der Waals surface area contributed by atoms with E-state index in [4.69, 9.17) is 10.5 Å². The first-order valence-corrected chi connectivity index (χ1v) is 16.0. The van der Waals surface area contributed by atoms with E-state index in [-0.39, 0.29) is 54.9 Å². The molecule has 6 heterocycles. The second-order valence-electron chi connectivity index (χ2n) is 12.0. The fraction of sp³-hybridized carbons (Fsp3) is 0.469. The van der Waals surface area contributed by atoms with Crippen LogP contribution in [0.3, 0.4) is 0 Å². The topological polar surface area (TPSA) is 103 Å². The van der Waals surface area contributed by atoms with Gasteiger partial charge >= 0.3 is 12.2 Å². The molecule has 0 saturated carbocycles. The fourth-order valence-electron chi connectivity index (χ4n) is 6.99. The second kappa shape index (κ2) is 12.8. The summed E-state index contributed by atoms with van der Waals surface area (Å²) in [5, 5.41) is 13.2. The lowest BCUT2D eigenvalue weighted by molar-refractivity contribution is -0.137. The molecule has 2 aromatic heterocycles. The summed E-state index contributed by atoms with van der Waals surface area (Å²) in [6.45, 7) is 6.43. The minimum atomic E-state index is -4.76. The molecule has 3 aromatic rings. The highest BCUT2D eigenvalue weighted by molar-refractivity contribution is 7.14. The van der Waals surface area contributed by atoms with Crippen LogP contribution in [0.4, 0.5) is 32.8 Å². The maximum atomic E-state index is 14.5. The molecule has 3 N–H and O–H groups in total. The second-order valence-corrected chi connectivity index (χ2v) is 13.1. The number of fused-ring (bicyclic) bond motifs is 4. The molecule has 4 aliphatic rings. The van der Waals surface area contributed by atoms with Gasteiger partial charge in [-0.25, -0.2) is 8.78 Å². The number of nitrogens with two attached hydrogens (primary N) is 1. The number of allylic oxidation sites excluding steroid dienone is 1. The number of methoxy groups -OCH3 is 1. The molecule has 2 bridgehead atoms. The van der Waals surface area contributed by atoms with Crippen molar-refractivity contribution in [2.45, 2.75) is 62.6 Å². The Bertz CT molecular complexity index is 1800. The van der Waals surface area contributed by atoms with Gasteiger partial charge in [0.2, 0.25) is 0 Å². The average molecular weight is 660 g/mol. The van der Waals surface area contributed by atoms with Gasteiger partial charge in [0.1, 0.15) is 28.9 Å². The Kier molecular flexibility index (Phi) is 8.93. The molecule has 4 atom stereocenters. The van der Waals surface area contributed by atoms with Gasteiger partial charge < -0.3 is 20.7 Å². The largest absolute Gasteiger partial charge is 0.467 e. The molecule has 0 spiro atoms. The number of rotatable bonds is 4. The van der Waals surface area contributed by atoms with Gasteiger partial charge in [0.05, 0.1) is 28.3 Å². The first-order chi connectivity index (χ1) is 22.0.